The minimum atomic E-state index is -0.359. The van der Waals surface area contributed by atoms with Gasteiger partial charge in [-0.1, -0.05) is 0 Å². The number of nitrogens with zero attached hydrogens (tertiary/aromatic N) is 3. The Kier molecular flexibility index (Phi) is 3.70. The fourth-order valence-corrected chi connectivity index (χ4v) is 2.94. The Hall–Kier alpha value is -2.21. The highest BCUT2D eigenvalue weighted by Gasteiger charge is 2.20. The maximum atomic E-state index is 11.1. The molecule has 0 aliphatic carbocycles. The standard InChI is InChI=1S/C15H18N4O2/c1-18-9-3-4-11(10-18)17-13-6-7-14(19(20)21)12-5-2-8-16-15(12)13/h2,5-8,11,17H,3-4,9-10H2,1H3. The first kappa shape index (κ1) is 13.8. The average molecular weight is 286 g/mol. The van der Waals surface area contributed by atoms with Gasteiger partial charge >= 0.3 is 0 Å². The molecule has 1 aliphatic heterocycles. The Balaban J connectivity index is 1.96. The molecule has 1 N–H and O–H groups in total. The van der Waals surface area contributed by atoms with Gasteiger partial charge in [-0.15, -0.1) is 0 Å². The molecule has 6 heteroatoms. The third-order valence-electron chi connectivity index (χ3n) is 3.93. The highest BCUT2D eigenvalue weighted by Crippen LogP contribution is 2.30. The lowest BCUT2D eigenvalue weighted by Crippen LogP contribution is -2.39. The number of nitro groups is 1. The van der Waals surface area contributed by atoms with Crippen LogP contribution < -0.4 is 5.32 Å². The number of rotatable bonds is 3. The molecule has 0 amide bonds. The molecule has 0 spiro atoms. The number of piperidine rings is 1. The van der Waals surface area contributed by atoms with Crippen LogP contribution in [-0.2, 0) is 0 Å². The Morgan fingerprint density at radius 3 is 3.05 bits per heavy atom. The molecule has 2 aromatic rings. The van der Waals surface area contributed by atoms with Crippen LogP contribution in [0.3, 0.4) is 0 Å². The smallest absolute Gasteiger partial charge is 0.278 e. The van der Waals surface area contributed by atoms with Crippen LogP contribution in [0.15, 0.2) is 30.5 Å². The molecule has 2 heterocycles. The number of benzene rings is 1. The van der Waals surface area contributed by atoms with Gasteiger partial charge in [-0.3, -0.25) is 15.1 Å². The Morgan fingerprint density at radius 1 is 1.43 bits per heavy atom. The largest absolute Gasteiger partial charge is 0.379 e. The van der Waals surface area contributed by atoms with Gasteiger partial charge in [-0.05, 0) is 44.6 Å². The molecule has 1 aromatic heterocycles. The predicted molar refractivity (Wildman–Crippen MR) is 82.5 cm³/mol. The lowest BCUT2D eigenvalue weighted by molar-refractivity contribution is -0.383. The topological polar surface area (TPSA) is 71.3 Å². The fourth-order valence-electron chi connectivity index (χ4n) is 2.94. The van der Waals surface area contributed by atoms with E-state index in [4.69, 9.17) is 0 Å². The van der Waals surface area contributed by atoms with Gasteiger partial charge in [0.15, 0.2) is 0 Å². The Labute approximate surface area is 122 Å². The van der Waals surface area contributed by atoms with Crippen LogP contribution in [-0.4, -0.2) is 41.0 Å². The summed E-state index contributed by atoms with van der Waals surface area (Å²) in [5.74, 6) is 0. The predicted octanol–water partition coefficient (Wildman–Crippen LogP) is 2.65. The molecule has 1 fully saturated rings. The maximum absolute atomic E-state index is 11.1. The summed E-state index contributed by atoms with van der Waals surface area (Å²) in [6.07, 6.45) is 3.94. The van der Waals surface area contributed by atoms with Crippen molar-refractivity contribution in [3.63, 3.8) is 0 Å². The lowest BCUT2D eigenvalue weighted by Gasteiger charge is -2.31. The number of likely N-dealkylation sites (tertiary alicyclic amines) is 1. The maximum Gasteiger partial charge on any atom is 0.278 e. The number of hydrogen-bond donors (Lipinski definition) is 1. The first-order valence-corrected chi connectivity index (χ1v) is 7.12. The molecule has 110 valence electrons. The second-order valence-electron chi connectivity index (χ2n) is 5.53. The van der Waals surface area contributed by atoms with Crippen LogP contribution in [0.5, 0.6) is 0 Å². The van der Waals surface area contributed by atoms with Gasteiger partial charge in [0.25, 0.3) is 5.69 Å². The van der Waals surface area contributed by atoms with E-state index in [0.29, 0.717) is 16.9 Å². The molecule has 1 saturated heterocycles. The molecule has 0 radical (unpaired) electrons. The fraction of sp³-hybridized carbons (Fsp3) is 0.400. The Morgan fingerprint density at radius 2 is 2.29 bits per heavy atom. The number of hydrogen-bond acceptors (Lipinski definition) is 5. The monoisotopic (exact) mass is 286 g/mol. The van der Waals surface area contributed by atoms with E-state index >= 15 is 0 Å². The molecule has 1 atom stereocenters. The summed E-state index contributed by atoms with van der Waals surface area (Å²) in [5.41, 5.74) is 1.64. The number of non-ortho nitro benzene ring substituents is 1. The van der Waals surface area contributed by atoms with E-state index in [1.807, 2.05) is 0 Å². The molecule has 1 aliphatic rings. The Bertz CT molecular complexity index is 674. The first-order chi connectivity index (χ1) is 10.1. The van der Waals surface area contributed by atoms with E-state index in [-0.39, 0.29) is 10.6 Å². The summed E-state index contributed by atoms with van der Waals surface area (Å²) in [6, 6.07) is 7.16. The highest BCUT2D eigenvalue weighted by molar-refractivity contribution is 5.96. The molecule has 0 bridgehead atoms. The van der Waals surface area contributed by atoms with E-state index in [0.717, 1.165) is 31.6 Å². The molecule has 1 aromatic carbocycles. The minimum absolute atomic E-state index is 0.101. The third kappa shape index (κ3) is 2.80. The van der Waals surface area contributed by atoms with Gasteiger partial charge in [0.2, 0.25) is 0 Å². The summed E-state index contributed by atoms with van der Waals surface area (Å²) in [7, 11) is 2.11. The van der Waals surface area contributed by atoms with Crippen molar-refractivity contribution in [2.45, 2.75) is 18.9 Å². The van der Waals surface area contributed by atoms with Crippen LogP contribution in [0, 0.1) is 10.1 Å². The van der Waals surface area contributed by atoms with Crippen LogP contribution in [0.2, 0.25) is 0 Å². The van der Waals surface area contributed by atoms with E-state index in [9.17, 15) is 10.1 Å². The van der Waals surface area contributed by atoms with E-state index < -0.39 is 0 Å². The zero-order valence-electron chi connectivity index (χ0n) is 12.0. The summed E-state index contributed by atoms with van der Waals surface area (Å²) < 4.78 is 0. The van der Waals surface area contributed by atoms with Gasteiger partial charge in [0.05, 0.1) is 16.0 Å². The van der Waals surface area contributed by atoms with Gasteiger partial charge in [0.1, 0.15) is 5.52 Å². The van der Waals surface area contributed by atoms with Gasteiger partial charge < -0.3 is 10.2 Å². The molecule has 1 unspecified atom stereocenters. The highest BCUT2D eigenvalue weighted by atomic mass is 16.6. The second-order valence-corrected chi connectivity index (χ2v) is 5.53. The van der Waals surface area contributed by atoms with E-state index in [1.54, 1.807) is 30.5 Å². The number of likely N-dealkylation sites (N-methyl/N-ethyl adjacent to an activating group) is 1. The molecular formula is C15H18N4O2. The molecule has 21 heavy (non-hydrogen) atoms. The number of anilines is 1. The third-order valence-corrected chi connectivity index (χ3v) is 3.93. The van der Waals surface area contributed by atoms with Crippen molar-refractivity contribution in [2.24, 2.45) is 0 Å². The number of aromatic nitrogens is 1. The first-order valence-electron chi connectivity index (χ1n) is 7.12. The quantitative estimate of drug-likeness (QED) is 0.693. The summed E-state index contributed by atoms with van der Waals surface area (Å²) in [4.78, 5) is 17.4. The summed E-state index contributed by atoms with van der Waals surface area (Å²) in [6.45, 7) is 2.10. The SMILES string of the molecule is CN1CCCC(Nc2ccc([N+](=O)[O-])c3cccnc23)C1. The average Bonchev–Trinajstić information content (AvgIpc) is 2.47. The van der Waals surface area contributed by atoms with Gasteiger partial charge in [-0.2, -0.15) is 0 Å². The van der Waals surface area contributed by atoms with Crippen molar-refractivity contribution in [3.8, 4) is 0 Å². The van der Waals surface area contributed by atoms with Crippen LogP contribution in [0.25, 0.3) is 10.9 Å². The molecular weight excluding hydrogens is 268 g/mol. The van der Waals surface area contributed by atoms with Crippen LogP contribution in [0.1, 0.15) is 12.8 Å². The van der Waals surface area contributed by atoms with Crippen molar-refractivity contribution in [1.82, 2.24) is 9.88 Å². The van der Waals surface area contributed by atoms with Crippen molar-refractivity contribution in [2.75, 3.05) is 25.5 Å². The molecule has 0 saturated carbocycles. The molecule has 6 nitrogen and oxygen atoms in total. The lowest BCUT2D eigenvalue weighted by atomic mass is 10.1. The zero-order chi connectivity index (χ0) is 14.8. The van der Waals surface area contributed by atoms with E-state index in [2.05, 4.69) is 22.2 Å². The van der Waals surface area contributed by atoms with E-state index in [1.165, 1.54) is 0 Å². The van der Waals surface area contributed by atoms with Gasteiger partial charge in [-0.25, -0.2) is 0 Å². The van der Waals surface area contributed by atoms with Crippen molar-refractivity contribution in [1.29, 1.82) is 0 Å². The van der Waals surface area contributed by atoms with Crippen molar-refractivity contribution >= 4 is 22.3 Å². The number of fused-ring (bicyclic) bond motifs is 1. The number of nitro benzene ring substituents is 1. The van der Waals surface area contributed by atoms with Crippen LogP contribution >= 0.6 is 0 Å². The summed E-state index contributed by atoms with van der Waals surface area (Å²) in [5, 5.41) is 15.2. The number of pyridine rings is 1. The van der Waals surface area contributed by atoms with Crippen molar-refractivity contribution in [3.05, 3.63) is 40.6 Å². The summed E-state index contributed by atoms with van der Waals surface area (Å²) >= 11 is 0. The van der Waals surface area contributed by atoms with Crippen molar-refractivity contribution < 1.29 is 4.92 Å². The molecule has 3 rings (SSSR count). The second kappa shape index (κ2) is 5.65. The zero-order valence-corrected chi connectivity index (χ0v) is 12.0. The number of nitrogens with one attached hydrogen (secondary N) is 1. The minimum Gasteiger partial charge on any atom is -0.379 e. The normalized spacial score (nSPS) is 19.6. The van der Waals surface area contributed by atoms with Crippen LogP contribution in [0.4, 0.5) is 11.4 Å². The van der Waals surface area contributed by atoms with Gasteiger partial charge in [0, 0.05) is 24.8 Å².